The highest BCUT2D eigenvalue weighted by Crippen LogP contribution is 2.22. The number of aldehydes is 1. The summed E-state index contributed by atoms with van der Waals surface area (Å²) in [6.45, 7) is 2.50. The minimum Gasteiger partial charge on any atom is -0.487 e. The summed E-state index contributed by atoms with van der Waals surface area (Å²) in [5, 5.41) is 4.36. The molecule has 0 spiro atoms. The Morgan fingerprint density at radius 3 is 2.84 bits per heavy atom. The van der Waals surface area contributed by atoms with E-state index < -0.39 is 0 Å². The van der Waals surface area contributed by atoms with Crippen LogP contribution < -0.4 is 4.74 Å². The fourth-order valence-corrected chi connectivity index (χ4v) is 2.08. The molecule has 1 heterocycles. The van der Waals surface area contributed by atoms with Crippen molar-refractivity contribution in [3.05, 3.63) is 45.7 Å². The number of rotatable bonds is 5. The molecular weight excluding hydrogens is 308 g/mol. The molecule has 4 nitrogen and oxygen atoms in total. The molecule has 0 aliphatic rings. The normalized spacial score (nSPS) is 10.5. The number of hydrogen-bond acceptors (Lipinski definition) is 3. The Morgan fingerprint density at radius 1 is 1.42 bits per heavy atom. The molecule has 1 aromatic heterocycles. The zero-order valence-electron chi connectivity index (χ0n) is 10.9. The van der Waals surface area contributed by atoms with Crippen LogP contribution in [0.5, 0.6) is 5.75 Å². The number of ether oxygens (including phenoxy) is 1. The van der Waals surface area contributed by atoms with Gasteiger partial charge in [-0.1, -0.05) is 22.9 Å². The maximum atomic E-state index is 10.9. The highest BCUT2D eigenvalue weighted by molar-refractivity contribution is 9.10. The van der Waals surface area contributed by atoms with Crippen LogP contribution in [0.2, 0.25) is 0 Å². The van der Waals surface area contributed by atoms with Crippen LogP contribution >= 0.6 is 15.9 Å². The van der Waals surface area contributed by atoms with Gasteiger partial charge in [-0.15, -0.1) is 0 Å². The zero-order chi connectivity index (χ0) is 13.8. The summed E-state index contributed by atoms with van der Waals surface area (Å²) in [4.78, 5) is 10.9. The molecule has 0 unspecified atom stereocenters. The van der Waals surface area contributed by atoms with Crippen LogP contribution in [0.1, 0.15) is 28.7 Å². The molecule has 0 fully saturated rings. The second-order valence-corrected chi connectivity index (χ2v) is 5.05. The first-order chi connectivity index (χ1) is 9.13. The number of aromatic nitrogens is 2. The van der Waals surface area contributed by atoms with Crippen LogP contribution in [0.15, 0.2) is 28.7 Å². The van der Waals surface area contributed by atoms with Crippen LogP contribution in [0.25, 0.3) is 0 Å². The number of carbonyl (C=O) groups is 1. The molecule has 5 heteroatoms. The van der Waals surface area contributed by atoms with E-state index in [4.69, 9.17) is 4.74 Å². The Balaban J connectivity index is 2.09. The Hall–Kier alpha value is -1.62. The Labute approximate surface area is 120 Å². The van der Waals surface area contributed by atoms with Gasteiger partial charge < -0.3 is 4.74 Å². The van der Waals surface area contributed by atoms with Crippen molar-refractivity contribution < 1.29 is 9.53 Å². The molecule has 0 amide bonds. The first kappa shape index (κ1) is 13.8. The van der Waals surface area contributed by atoms with Crippen LogP contribution in [-0.4, -0.2) is 16.1 Å². The minimum absolute atomic E-state index is 0.434. The zero-order valence-corrected chi connectivity index (χ0v) is 12.5. The van der Waals surface area contributed by atoms with E-state index in [2.05, 4.69) is 28.0 Å². The summed E-state index contributed by atoms with van der Waals surface area (Å²) in [5.41, 5.74) is 2.63. The molecule has 0 N–H and O–H groups in total. The molecule has 1 aromatic carbocycles. The van der Waals surface area contributed by atoms with Crippen LogP contribution in [-0.2, 0) is 20.1 Å². The molecule has 2 rings (SSSR count). The fraction of sp³-hybridized carbons (Fsp3) is 0.286. The third-order valence-electron chi connectivity index (χ3n) is 2.87. The number of benzene rings is 1. The average molecular weight is 323 g/mol. The maximum Gasteiger partial charge on any atom is 0.151 e. The van der Waals surface area contributed by atoms with E-state index in [0.29, 0.717) is 17.9 Å². The summed E-state index contributed by atoms with van der Waals surface area (Å²) >= 11 is 3.31. The highest BCUT2D eigenvalue weighted by Gasteiger charge is 2.06. The number of carbonyl (C=O) groups excluding carboxylic acids is 1. The SMILES string of the molecule is CCc1cc(COc2ccc(Br)c(C=O)c2)n(C)n1. The molecule has 2 aromatic rings. The molecule has 0 saturated carbocycles. The second kappa shape index (κ2) is 6.02. The molecular formula is C14H15BrN2O2. The van der Waals surface area contributed by atoms with E-state index in [-0.39, 0.29) is 0 Å². The summed E-state index contributed by atoms with van der Waals surface area (Å²) < 4.78 is 8.27. The van der Waals surface area contributed by atoms with E-state index in [9.17, 15) is 4.79 Å². The fourth-order valence-electron chi connectivity index (χ4n) is 1.74. The number of aryl methyl sites for hydroxylation is 2. The minimum atomic E-state index is 0.434. The lowest BCUT2D eigenvalue weighted by molar-refractivity contribution is 0.112. The molecule has 0 bridgehead atoms. The molecule has 100 valence electrons. The van der Waals surface area contributed by atoms with E-state index >= 15 is 0 Å². The summed E-state index contributed by atoms with van der Waals surface area (Å²) in [7, 11) is 1.90. The Bertz CT molecular complexity index is 593. The third-order valence-corrected chi connectivity index (χ3v) is 3.59. The monoisotopic (exact) mass is 322 g/mol. The van der Waals surface area contributed by atoms with Crippen molar-refractivity contribution in [3.8, 4) is 5.75 Å². The molecule has 0 saturated heterocycles. The first-order valence-electron chi connectivity index (χ1n) is 6.03. The van der Waals surface area contributed by atoms with Gasteiger partial charge in [-0.05, 0) is 30.7 Å². The summed E-state index contributed by atoms with van der Waals surface area (Å²) in [6.07, 6.45) is 1.71. The summed E-state index contributed by atoms with van der Waals surface area (Å²) in [5.74, 6) is 0.671. The second-order valence-electron chi connectivity index (χ2n) is 4.19. The summed E-state index contributed by atoms with van der Waals surface area (Å²) in [6, 6.07) is 7.38. The van der Waals surface area contributed by atoms with Crippen molar-refractivity contribution >= 4 is 22.2 Å². The van der Waals surface area contributed by atoms with Crippen LogP contribution in [0.3, 0.4) is 0 Å². The van der Waals surface area contributed by atoms with Gasteiger partial charge in [0.15, 0.2) is 6.29 Å². The van der Waals surface area contributed by atoms with Gasteiger partial charge in [0.25, 0.3) is 0 Å². The van der Waals surface area contributed by atoms with E-state index in [1.54, 1.807) is 12.1 Å². The smallest absolute Gasteiger partial charge is 0.151 e. The largest absolute Gasteiger partial charge is 0.487 e. The van der Waals surface area contributed by atoms with Gasteiger partial charge in [-0.2, -0.15) is 5.10 Å². The first-order valence-corrected chi connectivity index (χ1v) is 6.82. The van der Waals surface area contributed by atoms with Gasteiger partial charge in [0.1, 0.15) is 12.4 Å². The van der Waals surface area contributed by atoms with Crippen molar-refractivity contribution in [1.29, 1.82) is 0 Å². The van der Waals surface area contributed by atoms with Crippen molar-refractivity contribution in [2.45, 2.75) is 20.0 Å². The molecule has 0 radical (unpaired) electrons. The highest BCUT2D eigenvalue weighted by atomic mass is 79.9. The van der Waals surface area contributed by atoms with E-state index in [0.717, 1.165) is 28.6 Å². The number of nitrogens with zero attached hydrogens (tertiary/aromatic N) is 2. The lowest BCUT2D eigenvalue weighted by Gasteiger charge is -2.07. The van der Waals surface area contributed by atoms with Gasteiger partial charge in [0.2, 0.25) is 0 Å². The van der Waals surface area contributed by atoms with E-state index in [1.807, 2.05) is 23.9 Å². The lowest BCUT2D eigenvalue weighted by Crippen LogP contribution is -2.03. The molecule has 0 aliphatic carbocycles. The predicted octanol–water partition coefficient (Wildman–Crippen LogP) is 3.14. The molecule has 19 heavy (non-hydrogen) atoms. The van der Waals surface area contributed by atoms with Crippen molar-refractivity contribution in [3.63, 3.8) is 0 Å². The van der Waals surface area contributed by atoms with Gasteiger partial charge in [-0.25, -0.2) is 0 Å². The predicted molar refractivity (Wildman–Crippen MR) is 76.4 cm³/mol. The molecule has 0 aliphatic heterocycles. The van der Waals surface area contributed by atoms with Crippen LogP contribution in [0.4, 0.5) is 0 Å². The van der Waals surface area contributed by atoms with Crippen LogP contribution in [0, 0.1) is 0 Å². The maximum absolute atomic E-state index is 10.9. The van der Waals surface area contributed by atoms with Crippen molar-refractivity contribution in [1.82, 2.24) is 9.78 Å². The van der Waals surface area contributed by atoms with E-state index in [1.165, 1.54) is 0 Å². The Morgan fingerprint density at radius 2 is 2.21 bits per heavy atom. The topological polar surface area (TPSA) is 44.1 Å². The molecule has 0 atom stereocenters. The lowest BCUT2D eigenvalue weighted by atomic mass is 10.2. The van der Waals surface area contributed by atoms with Crippen molar-refractivity contribution in [2.75, 3.05) is 0 Å². The third kappa shape index (κ3) is 3.23. The van der Waals surface area contributed by atoms with Gasteiger partial charge in [-0.3, -0.25) is 9.48 Å². The number of hydrogen-bond donors (Lipinski definition) is 0. The number of halogens is 1. The van der Waals surface area contributed by atoms with Gasteiger partial charge >= 0.3 is 0 Å². The average Bonchev–Trinajstić information content (AvgIpc) is 2.78. The van der Waals surface area contributed by atoms with Gasteiger partial charge in [0.05, 0.1) is 11.4 Å². The standard InChI is InChI=1S/C14H15BrN2O2/c1-3-11-7-12(17(2)16-11)9-19-13-4-5-14(15)10(6-13)8-18/h4-8H,3,9H2,1-2H3. The Kier molecular flexibility index (Phi) is 4.37. The quantitative estimate of drug-likeness (QED) is 0.794. The van der Waals surface area contributed by atoms with Gasteiger partial charge in [0, 0.05) is 17.1 Å². The van der Waals surface area contributed by atoms with Crippen molar-refractivity contribution in [2.24, 2.45) is 7.05 Å².